The second kappa shape index (κ2) is 6.14. The maximum Gasteiger partial charge on any atom is 0.118 e. The number of benzene rings is 3. The first-order valence-corrected chi connectivity index (χ1v) is 6.93. The van der Waals surface area contributed by atoms with E-state index in [1.807, 2.05) is 30.3 Å². The first-order valence-electron chi connectivity index (χ1n) is 6.93. The highest BCUT2D eigenvalue weighted by molar-refractivity contribution is 6.06. The van der Waals surface area contributed by atoms with Gasteiger partial charge in [-0.15, -0.1) is 0 Å². The van der Waals surface area contributed by atoms with E-state index in [0.717, 1.165) is 5.75 Å². The van der Waals surface area contributed by atoms with Crippen molar-refractivity contribution >= 4 is 21.8 Å². The Balaban J connectivity index is 0.000000143. The minimum atomic E-state index is 0.910. The number of rotatable bonds is 1. The fraction of sp³-hybridized carbons (Fsp3) is 0.0526. The SMILES string of the molecule is COc1ccccc1.c1ccc2c(c1)[nH]c1ccccc12. The van der Waals surface area contributed by atoms with Crippen molar-refractivity contribution in [1.29, 1.82) is 0 Å². The number of H-pyrrole nitrogens is 1. The van der Waals surface area contributed by atoms with Gasteiger partial charge in [0.1, 0.15) is 5.75 Å². The summed E-state index contributed by atoms with van der Waals surface area (Å²) in [7, 11) is 1.66. The summed E-state index contributed by atoms with van der Waals surface area (Å²) in [6.07, 6.45) is 0. The predicted octanol–water partition coefficient (Wildman–Crippen LogP) is 5.02. The van der Waals surface area contributed by atoms with Crippen molar-refractivity contribution in [1.82, 2.24) is 4.98 Å². The van der Waals surface area contributed by atoms with Gasteiger partial charge in [-0.1, -0.05) is 54.6 Å². The van der Waals surface area contributed by atoms with Crippen LogP contribution < -0.4 is 4.74 Å². The van der Waals surface area contributed by atoms with Gasteiger partial charge in [0, 0.05) is 21.8 Å². The summed E-state index contributed by atoms with van der Waals surface area (Å²) >= 11 is 0. The van der Waals surface area contributed by atoms with E-state index in [9.17, 15) is 0 Å². The fourth-order valence-electron chi connectivity index (χ4n) is 2.36. The van der Waals surface area contributed by atoms with Crippen molar-refractivity contribution in [3.05, 3.63) is 78.9 Å². The molecule has 4 aromatic rings. The normalized spacial score (nSPS) is 10.1. The monoisotopic (exact) mass is 275 g/mol. The molecule has 0 spiro atoms. The zero-order chi connectivity index (χ0) is 14.5. The van der Waals surface area contributed by atoms with Crippen molar-refractivity contribution < 1.29 is 4.74 Å². The molecule has 104 valence electrons. The summed E-state index contributed by atoms with van der Waals surface area (Å²) in [5.41, 5.74) is 2.42. The van der Waals surface area contributed by atoms with Crippen LogP contribution in [0, 0.1) is 0 Å². The van der Waals surface area contributed by atoms with Crippen LogP contribution >= 0.6 is 0 Å². The Bertz CT molecular complexity index is 783. The molecule has 0 bridgehead atoms. The Morgan fingerprint density at radius 3 is 1.57 bits per heavy atom. The second-order valence-corrected chi connectivity index (χ2v) is 4.73. The van der Waals surface area contributed by atoms with Crippen LogP contribution in [0.2, 0.25) is 0 Å². The van der Waals surface area contributed by atoms with Crippen LogP contribution in [0.5, 0.6) is 5.75 Å². The number of hydrogen-bond donors (Lipinski definition) is 1. The van der Waals surface area contributed by atoms with E-state index in [1.54, 1.807) is 7.11 Å². The van der Waals surface area contributed by atoms with E-state index in [1.165, 1.54) is 21.8 Å². The molecule has 0 atom stereocenters. The van der Waals surface area contributed by atoms with Crippen molar-refractivity contribution in [2.75, 3.05) is 7.11 Å². The largest absolute Gasteiger partial charge is 0.497 e. The highest BCUT2D eigenvalue weighted by atomic mass is 16.5. The van der Waals surface area contributed by atoms with Gasteiger partial charge in [-0.25, -0.2) is 0 Å². The van der Waals surface area contributed by atoms with Crippen LogP contribution in [-0.2, 0) is 0 Å². The molecule has 21 heavy (non-hydrogen) atoms. The van der Waals surface area contributed by atoms with E-state index in [2.05, 4.69) is 53.5 Å². The molecular formula is C19H17NO. The van der Waals surface area contributed by atoms with Crippen molar-refractivity contribution in [2.24, 2.45) is 0 Å². The van der Waals surface area contributed by atoms with Crippen LogP contribution in [0.1, 0.15) is 0 Å². The Kier molecular flexibility index (Phi) is 3.88. The summed E-state index contributed by atoms with van der Waals surface area (Å²) in [5.74, 6) is 0.910. The third-order valence-corrected chi connectivity index (χ3v) is 3.39. The fourth-order valence-corrected chi connectivity index (χ4v) is 2.36. The van der Waals surface area contributed by atoms with Crippen molar-refractivity contribution in [2.45, 2.75) is 0 Å². The quantitative estimate of drug-likeness (QED) is 0.518. The molecule has 0 saturated heterocycles. The number of para-hydroxylation sites is 3. The standard InChI is InChI=1S/C12H9N.C7H8O/c1-3-7-11-9(5-1)10-6-2-4-8-12(10)13-11;1-8-7-5-3-2-4-6-7/h1-8,13H;2-6H,1H3. The highest BCUT2D eigenvalue weighted by Gasteiger charge is 2.00. The Labute approximate surface area is 124 Å². The lowest BCUT2D eigenvalue weighted by Crippen LogP contribution is -1.78. The van der Waals surface area contributed by atoms with E-state index >= 15 is 0 Å². The summed E-state index contributed by atoms with van der Waals surface area (Å²) in [5, 5.41) is 2.61. The molecule has 1 aromatic heterocycles. The third-order valence-electron chi connectivity index (χ3n) is 3.39. The molecule has 1 heterocycles. The number of hydrogen-bond acceptors (Lipinski definition) is 1. The van der Waals surface area contributed by atoms with Crippen LogP contribution in [0.3, 0.4) is 0 Å². The molecule has 0 aliphatic rings. The van der Waals surface area contributed by atoms with E-state index in [4.69, 9.17) is 4.74 Å². The molecule has 2 heteroatoms. The molecule has 0 unspecified atom stereocenters. The average molecular weight is 275 g/mol. The van der Waals surface area contributed by atoms with Crippen LogP contribution in [0.15, 0.2) is 78.9 Å². The smallest absolute Gasteiger partial charge is 0.118 e. The van der Waals surface area contributed by atoms with Crippen molar-refractivity contribution in [3.8, 4) is 5.75 Å². The number of ether oxygens (including phenoxy) is 1. The van der Waals surface area contributed by atoms with Crippen LogP contribution in [-0.4, -0.2) is 12.1 Å². The lowest BCUT2D eigenvalue weighted by atomic mass is 10.2. The summed E-state index contributed by atoms with van der Waals surface area (Å²) in [6.45, 7) is 0. The van der Waals surface area contributed by atoms with Gasteiger partial charge in [0.2, 0.25) is 0 Å². The lowest BCUT2D eigenvalue weighted by Gasteiger charge is -1.93. The maximum atomic E-state index is 4.91. The third kappa shape index (κ3) is 2.90. The van der Waals surface area contributed by atoms with Gasteiger partial charge in [0.15, 0.2) is 0 Å². The summed E-state index contributed by atoms with van der Waals surface area (Å²) in [6, 6.07) is 26.4. The van der Waals surface area contributed by atoms with Gasteiger partial charge in [-0.05, 0) is 24.3 Å². The minimum Gasteiger partial charge on any atom is -0.497 e. The lowest BCUT2D eigenvalue weighted by molar-refractivity contribution is 0.415. The second-order valence-electron chi connectivity index (χ2n) is 4.73. The minimum absolute atomic E-state index is 0.910. The molecule has 1 N–H and O–H groups in total. The molecule has 4 rings (SSSR count). The maximum absolute atomic E-state index is 4.91. The Morgan fingerprint density at radius 1 is 0.619 bits per heavy atom. The zero-order valence-corrected chi connectivity index (χ0v) is 11.9. The molecular weight excluding hydrogens is 258 g/mol. The van der Waals surface area contributed by atoms with E-state index in [-0.39, 0.29) is 0 Å². The number of nitrogens with one attached hydrogen (secondary N) is 1. The molecule has 3 aromatic carbocycles. The number of fused-ring (bicyclic) bond motifs is 3. The van der Waals surface area contributed by atoms with Crippen molar-refractivity contribution in [3.63, 3.8) is 0 Å². The van der Waals surface area contributed by atoms with Gasteiger partial charge in [-0.3, -0.25) is 0 Å². The first-order chi connectivity index (χ1) is 10.4. The average Bonchev–Trinajstić information content (AvgIpc) is 2.95. The van der Waals surface area contributed by atoms with Gasteiger partial charge in [0.05, 0.1) is 7.11 Å². The van der Waals surface area contributed by atoms with Crippen LogP contribution in [0.4, 0.5) is 0 Å². The predicted molar refractivity (Wildman–Crippen MR) is 88.8 cm³/mol. The van der Waals surface area contributed by atoms with E-state index in [0.29, 0.717) is 0 Å². The van der Waals surface area contributed by atoms with Gasteiger partial charge >= 0.3 is 0 Å². The highest BCUT2D eigenvalue weighted by Crippen LogP contribution is 2.24. The number of aromatic amines is 1. The first kappa shape index (κ1) is 13.3. The topological polar surface area (TPSA) is 25.0 Å². The molecule has 0 fully saturated rings. The Hall–Kier alpha value is -2.74. The molecule has 0 amide bonds. The summed E-state index contributed by atoms with van der Waals surface area (Å²) < 4.78 is 4.91. The Morgan fingerprint density at radius 2 is 1.10 bits per heavy atom. The van der Waals surface area contributed by atoms with Gasteiger partial charge in [0.25, 0.3) is 0 Å². The molecule has 0 saturated carbocycles. The molecule has 0 aliphatic carbocycles. The zero-order valence-electron chi connectivity index (χ0n) is 11.9. The van der Waals surface area contributed by atoms with Gasteiger partial charge in [-0.2, -0.15) is 0 Å². The number of methoxy groups -OCH3 is 1. The number of aromatic nitrogens is 1. The van der Waals surface area contributed by atoms with E-state index < -0.39 is 0 Å². The van der Waals surface area contributed by atoms with Crippen LogP contribution in [0.25, 0.3) is 21.8 Å². The molecule has 0 radical (unpaired) electrons. The van der Waals surface area contributed by atoms with Gasteiger partial charge < -0.3 is 9.72 Å². The molecule has 2 nitrogen and oxygen atoms in total. The molecule has 0 aliphatic heterocycles. The summed E-state index contributed by atoms with van der Waals surface area (Å²) in [4.78, 5) is 3.38.